The number of nitrogens with zero attached hydrogens (tertiary/aromatic N) is 3. The summed E-state index contributed by atoms with van der Waals surface area (Å²) in [6.07, 6.45) is 1.21. The largest absolute Gasteiger partial charge is 0.357 e. The summed E-state index contributed by atoms with van der Waals surface area (Å²) >= 11 is 4.57. The molecule has 2 rings (SSSR count). The Bertz CT molecular complexity index is 606. The number of hydrogen-bond acceptors (Lipinski definition) is 6. The van der Waals surface area contributed by atoms with Gasteiger partial charge < -0.3 is 5.32 Å². The lowest BCUT2D eigenvalue weighted by molar-refractivity contribution is -0.388. The molecule has 2 aromatic rings. The number of halogens is 1. The van der Waals surface area contributed by atoms with Crippen LogP contribution in [0, 0.1) is 10.1 Å². The van der Waals surface area contributed by atoms with Crippen LogP contribution < -0.4 is 5.32 Å². The zero-order chi connectivity index (χ0) is 13.8. The minimum atomic E-state index is -0.485. The van der Waals surface area contributed by atoms with Crippen molar-refractivity contribution in [3.05, 3.63) is 45.0 Å². The van der Waals surface area contributed by atoms with Gasteiger partial charge in [0.2, 0.25) is 5.95 Å². The summed E-state index contributed by atoms with van der Waals surface area (Å²) in [6.45, 7) is 0. The molecule has 1 aromatic carbocycles. The van der Waals surface area contributed by atoms with E-state index in [-0.39, 0.29) is 5.69 Å². The smallest absolute Gasteiger partial charge is 0.320 e. The van der Waals surface area contributed by atoms with Crippen LogP contribution in [0.5, 0.6) is 0 Å². The number of benzene rings is 1. The predicted octanol–water partition coefficient (Wildman–Crippen LogP) is 3.34. The third-order valence-corrected chi connectivity index (χ3v) is 3.71. The van der Waals surface area contributed by atoms with Crippen molar-refractivity contribution in [3.8, 4) is 0 Å². The van der Waals surface area contributed by atoms with Gasteiger partial charge in [-0.1, -0.05) is 27.7 Å². The molecule has 0 aliphatic carbocycles. The maximum atomic E-state index is 11.0. The lowest BCUT2D eigenvalue weighted by atomic mass is 10.4. The Balaban J connectivity index is 2.36. The summed E-state index contributed by atoms with van der Waals surface area (Å²) in [7, 11) is 1.66. The molecular formula is C11H9BrN4O2S. The first-order chi connectivity index (χ1) is 9.10. The van der Waals surface area contributed by atoms with Gasteiger partial charge in [0.15, 0.2) is 5.03 Å². The fourth-order valence-electron chi connectivity index (χ4n) is 1.29. The Morgan fingerprint density at radius 3 is 2.63 bits per heavy atom. The molecule has 0 fully saturated rings. The van der Waals surface area contributed by atoms with E-state index in [2.05, 4.69) is 31.2 Å². The van der Waals surface area contributed by atoms with Crippen molar-refractivity contribution in [1.29, 1.82) is 0 Å². The van der Waals surface area contributed by atoms with E-state index in [1.54, 1.807) is 7.05 Å². The van der Waals surface area contributed by atoms with Crippen LogP contribution in [0.2, 0.25) is 0 Å². The second-order valence-electron chi connectivity index (χ2n) is 3.45. The number of aromatic nitrogens is 2. The highest BCUT2D eigenvalue weighted by Crippen LogP contribution is 2.33. The zero-order valence-corrected chi connectivity index (χ0v) is 12.2. The van der Waals surface area contributed by atoms with Gasteiger partial charge in [-0.25, -0.2) is 4.98 Å². The molecule has 0 aliphatic rings. The van der Waals surface area contributed by atoms with Crippen LogP contribution in [0.25, 0.3) is 0 Å². The lowest BCUT2D eigenvalue weighted by Gasteiger charge is -2.04. The highest BCUT2D eigenvalue weighted by molar-refractivity contribution is 9.10. The molecule has 0 saturated carbocycles. The molecule has 0 amide bonds. The molecule has 0 aliphatic heterocycles. The van der Waals surface area contributed by atoms with Crippen LogP contribution in [0.15, 0.2) is 44.9 Å². The molecule has 0 radical (unpaired) electrons. The molecule has 8 heteroatoms. The Kier molecular flexibility index (Phi) is 4.33. The van der Waals surface area contributed by atoms with Crippen molar-refractivity contribution in [2.45, 2.75) is 9.92 Å². The summed E-state index contributed by atoms with van der Waals surface area (Å²) in [5, 5.41) is 14.0. The highest BCUT2D eigenvalue weighted by atomic mass is 79.9. The molecule has 6 nitrogen and oxygen atoms in total. The van der Waals surface area contributed by atoms with Gasteiger partial charge in [0.25, 0.3) is 0 Å². The zero-order valence-electron chi connectivity index (χ0n) is 9.83. The average Bonchev–Trinajstić information content (AvgIpc) is 2.41. The summed E-state index contributed by atoms with van der Waals surface area (Å²) < 4.78 is 0.949. The molecule has 0 spiro atoms. The van der Waals surface area contributed by atoms with Crippen molar-refractivity contribution in [1.82, 2.24) is 9.97 Å². The third-order valence-electron chi connectivity index (χ3n) is 2.18. The van der Waals surface area contributed by atoms with Gasteiger partial charge in [0.05, 0.1) is 4.92 Å². The normalized spacial score (nSPS) is 10.2. The minimum Gasteiger partial charge on any atom is -0.357 e. The Hall–Kier alpha value is -1.67. The first kappa shape index (κ1) is 13.8. The van der Waals surface area contributed by atoms with Crippen LogP contribution in [-0.2, 0) is 0 Å². The molecule has 1 aromatic heterocycles. The summed E-state index contributed by atoms with van der Waals surface area (Å²) in [5.41, 5.74) is -0.105. The molecule has 0 saturated heterocycles. The standard InChI is InChI=1S/C11H9BrN4O2S/c1-13-11-14-6-9(16(17)18)10(15-11)19-8-4-2-7(12)3-5-8/h2-6H,1H3,(H,13,14,15). The number of nitrogens with one attached hydrogen (secondary N) is 1. The Morgan fingerprint density at radius 2 is 2.05 bits per heavy atom. The Labute approximate surface area is 121 Å². The maximum Gasteiger partial charge on any atom is 0.320 e. The fourth-order valence-corrected chi connectivity index (χ4v) is 2.42. The summed E-state index contributed by atoms with van der Waals surface area (Å²) in [5.74, 6) is 0.352. The van der Waals surface area contributed by atoms with Crippen molar-refractivity contribution in [2.24, 2.45) is 0 Å². The van der Waals surface area contributed by atoms with Gasteiger partial charge >= 0.3 is 5.69 Å². The average molecular weight is 341 g/mol. The number of anilines is 1. The monoisotopic (exact) mass is 340 g/mol. The van der Waals surface area contributed by atoms with E-state index < -0.39 is 4.92 Å². The van der Waals surface area contributed by atoms with Gasteiger partial charge in [0, 0.05) is 16.4 Å². The molecule has 1 heterocycles. The topological polar surface area (TPSA) is 81.0 Å². The van der Waals surface area contributed by atoms with Crippen LogP contribution in [0.3, 0.4) is 0 Å². The number of hydrogen-bond donors (Lipinski definition) is 1. The van der Waals surface area contributed by atoms with Gasteiger partial charge in [-0.15, -0.1) is 0 Å². The molecule has 0 bridgehead atoms. The molecular weight excluding hydrogens is 332 g/mol. The van der Waals surface area contributed by atoms with Crippen molar-refractivity contribution in [3.63, 3.8) is 0 Å². The number of nitro groups is 1. The van der Waals surface area contributed by atoms with Crippen LogP contribution in [0.1, 0.15) is 0 Å². The molecule has 1 N–H and O–H groups in total. The van der Waals surface area contributed by atoms with Crippen molar-refractivity contribution in [2.75, 3.05) is 12.4 Å². The second-order valence-corrected chi connectivity index (χ2v) is 5.42. The lowest BCUT2D eigenvalue weighted by Crippen LogP contribution is -2.00. The van der Waals surface area contributed by atoms with Crippen LogP contribution in [-0.4, -0.2) is 21.9 Å². The van der Waals surface area contributed by atoms with E-state index in [1.807, 2.05) is 24.3 Å². The Morgan fingerprint density at radius 1 is 1.37 bits per heavy atom. The van der Waals surface area contributed by atoms with Crippen molar-refractivity contribution < 1.29 is 4.92 Å². The highest BCUT2D eigenvalue weighted by Gasteiger charge is 2.18. The van der Waals surface area contributed by atoms with Gasteiger partial charge in [0.1, 0.15) is 6.20 Å². The fraction of sp³-hybridized carbons (Fsp3) is 0.0909. The summed E-state index contributed by atoms with van der Waals surface area (Å²) in [4.78, 5) is 19.3. The first-order valence-electron chi connectivity index (χ1n) is 5.23. The van der Waals surface area contributed by atoms with Crippen molar-refractivity contribution >= 4 is 39.3 Å². The molecule has 98 valence electrons. The van der Waals surface area contributed by atoms with Gasteiger partial charge in [-0.3, -0.25) is 10.1 Å². The van der Waals surface area contributed by atoms with Crippen LogP contribution >= 0.6 is 27.7 Å². The van der Waals surface area contributed by atoms with E-state index in [1.165, 1.54) is 18.0 Å². The SMILES string of the molecule is CNc1ncc([N+](=O)[O-])c(Sc2ccc(Br)cc2)n1. The summed E-state index contributed by atoms with van der Waals surface area (Å²) in [6, 6.07) is 7.46. The van der Waals surface area contributed by atoms with E-state index in [0.29, 0.717) is 11.0 Å². The van der Waals surface area contributed by atoms with E-state index in [4.69, 9.17) is 0 Å². The van der Waals surface area contributed by atoms with E-state index in [9.17, 15) is 10.1 Å². The quantitative estimate of drug-likeness (QED) is 0.522. The first-order valence-corrected chi connectivity index (χ1v) is 6.83. The van der Waals surface area contributed by atoms with E-state index in [0.717, 1.165) is 9.37 Å². The third kappa shape index (κ3) is 3.42. The van der Waals surface area contributed by atoms with Gasteiger partial charge in [-0.05, 0) is 24.3 Å². The van der Waals surface area contributed by atoms with E-state index >= 15 is 0 Å². The van der Waals surface area contributed by atoms with Crippen LogP contribution in [0.4, 0.5) is 11.6 Å². The maximum absolute atomic E-state index is 11.0. The molecule has 0 atom stereocenters. The minimum absolute atomic E-state index is 0.105. The molecule has 19 heavy (non-hydrogen) atoms. The number of rotatable bonds is 4. The molecule has 0 unspecified atom stereocenters. The second kappa shape index (κ2) is 5.98. The predicted molar refractivity (Wildman–Crippen MR) is 76.5 cm³/mol. The van der Waals surface area contributed by atoms with Gasteiger partial charge in [-0.2, -0.15) is 4.98 Å².